The second-order valence-corrected chi connectivity index (χ2v) is 5.75. The Bertz CT molecular complexity index is 494. The van der Waals surface area contributed by atoms with Crippen LogP contribution in [0.4, 0.5) is 5.69 Å². The zero-order valence-electron chi connectivity index (χ0n) is 8.76. The fourth-order valence-corrected chi connectivity index (χ4v) is 2.32. The van der Waals surface area contributed by atoms with Gasteiger partial charge in [-0.3, -0.25) is 0 Å². The topological polar surface area (TPSA) is 25.2 Å². The van der Waals surface area contributed by atoms with E-state index in [4.69, 9.17) is 4.42 Å². The number of anilines is 1. The van der Waals surface area contributed by atoms with E-state index in [2.05, 4.69) is 75.6 Å². The van der Waals surface area contributed by atoms with Crippen molar-refractivity contribution in [2.45, 2.75) is 13.5 Å². The maximum absolute atomic E-state index is 5.48. The Morgan fingerprint density at radius 3 is 2.62 bits per heavy atom. The molecule has 0 aliphatic rings. The van der Waals surface area contributed by atoms with E-state index in [1.165, 1.54) is 9.13 Å². The van der Waals surface area contributed by atoms with Crippen molar-refractivity contribution in [1.29, 1.82) is 0 Å². The third kappa shape index (κ3) is 3.13. The van der Waals surface area contributed by atoms with E-state index in [9.17, 15) is 0 Å². The van der Waals surface area contributed by atoms with Crippen molar-refractivity contribution in [3.63, 3.8) is 0 Å². The van der Waals surface area contributed by atoms with Crippen LogP contribution >= 0.6 is 45.2 Å². The lowest BCUT2D eigenvalue weighted by molar-refractivity contribution is 0.493. The summed E-state index contributed by atoms with van der Waals surface area (Å²) in [7, 11) is 0. The quantitative estimate of drug-likeness (QED) is 0.718. The first-order valence-corrected chi connectivity index (χ1v) is 7.05. The van der Waals surface area contributed by atoms with E-state index in [1.54, 1.807) is 0 Å². The van der Waals surface area contributed by atoms with Crippen molar-refractivity contribution in [2.75, 3.05) is 5.32 Å². The van der Waals surface area contributed by atoms with Crippen molar-refractivity contribution >= 4 is 50.9 Å². The Labute approximate surface area is 122 Å². The molecule has 0 aliphatic carbocycles. The summed E-state index contributed by atoms with van der Waals surface area (Å²) in [6, 6.07) is 10.3. The number of benzene rings is 1. The van der Waals surface area contributed by atoms with Gasteiger partial charge in [-0.15, -0.1) is 0 Å². The number of nitrogens with one attached hydrogen (secondary N) is 1. The summed E-state index contributed by atoms with van der Waals surface area (Å²) < 4.78 is 7.68. The van der Waals surface area contributed by atoms with Crippen LogP contribution < -0.4 is 5.32 Å². The van der Waals surface area contributed by atoms with Gasteiger partial charge in [0.05, 0.1) is 6.54 Å². The summed E-state index contributed by atoms with van der Waals surface area (Å²) in [5.74, 6) is 0.958. The summed E-state index contributed by atoms with van der Waals surface area (Å²) in [6.07, 6.45) is 0. The molecule has 84 valence electrons. The zero-order valence-corrected chi connectivity index (χ0v) is 13.1. The Morgan fingerprint density at radius 2 is 2.00 bits per heavy atom. The molecule has 0 bridgehead atoms. The molecule has 0 spiro atoms. The summed E-state index contributed by atoms with van der Waals surface area (Å²) in [5, 5.41) is 3.34. The lowest BCUT2D eigenvalue weighted by Gasteiger charge is -2.06. The molecule has 0 radical (unpaired) electrons. The van der Waals surface area contributed by atoms with Crippen LogP contribution in [0.3, 0.4) is 0 Å². The molecule has 2 rings (SSSR count). The highest BCUT2D eigenvalue weighted by atomic mass is 127. The van der Waals surface area contributed by atoms with E-state index in [0.29, 0.717) is 0 Å². The van der Waals surface area contributed by atoms with Gasteiger partial charge < -0.3 is 9.73 Å². The Morgan fingerprint density at radius 1 is 1.19 bits per heavy atom. The molecule has 2 aromatic rings. The van der Waals surface area contributed by atoms with Gasteiger partial charge in [-0.1, -0.05) is 6.07 Å². The standard InChI is InChI=1S/C12H11I2NO/c1-8-2-3-9(6-11(8)13)15-7-10-4-5-12(14)16-10/h2-6,15H,7H2,1H3. The van der Waals surface area contributed by atoms with Gasteiger partial charge in [0.1, 0.15) is 5.76 Å². The minimum atomic E-state index is 0.724. The second-order valence-electron chi connectivity index (χ2n) is 3.52. The van der Waals surface area contributed by atoms with E-state index in [-0.39, 0.29) is 0 Å². The van der Waals surface area contributed by atoms with Crippen molar-refractivity contribution in [3.8, 4) is 0 Å². The van der Waals surface area contributed by atoms with Gasteiger partial charge in [0.15, 0.2) is 3.77 Å². The van der Waals surface area contributed by atoms with E-state index in [0.717, 1.165) is 21.8 Å². The monoisotopic (exact) mass is 439 g/mol. The van der Waals surface area contributed by atoms with Gasteiger partial charge in [-0.2, -0.15) is 0 Å². The highest BCUT2D eigenvalue weighted by Gasteiger charge is 2.00. The maximum Gasteiger partial charge on any atom is 0.164 e. The minimum Gasteiger partial charge on any atom is -0.454 e. The molecule has 0 saturated carbocycles. The molecule has 4 heteroatoms. The summed E-state index contributed by atoms with van der Waals surface area (Å²) >= 11 is 4.51. The van der Waals surface area contributed by atoms with Crippen molar-refractivity contribution in [1.82, 2.24) is 0 Å². The minimum absolute atomic E-state index is 0.724. The van der Waals surface area contributed by atoms with Crippen molar-refractivity contribution < 1.29 is 4.42 Å². The molecule has 1 heterocycles. The van der Waals surface area contributed by atoms with Gasteiger partial charge in [0.2, 0.25) is 0 Å². The molecule has 0 fully saturated rings. The Hall–Kier alpha value is -0.240. The summed E-state index contributed by atoms with van der Waals surface area (Å²) in [4.78, 5) is 0. The maximum atomic E-state index is 5.48. The largest absolute Gasteiger partial charge is 0.454 e. The van der Waals surface area contributed by atoms with Gasteiger partial charge in [0, 0.05) is 9.26 Å². The number of halogens is 2. The molecular weight excluding hydrogens is 428 g/mol. The normalized spacial score (nSPS) is 10.4. The highest BCUT2D eigenvalue weighted by molar-refractivity contribution is 14.1. The van der Waals surface area contributed by atoms with Crippen LogP contribution in [-0.2, 0) is 6.54 Å². The molecule has 0 aliphatic heterocycles. The first-order chi connectivity index (χ1) is 7.65. The molecule has 0 unspecified atom stereocenters. The molecule has 1 aromatic carbocycles. The van der Waals surface area contributed by atoms with E-state index in [1.807, 2.05) is 12.1 Å². The average molecular weight is 439 g/mol. The zero-order chi connectivity index (χ0) is 11.5. The molecule has 1 N–H and O–H groups in total. The third-order valence-corrected chi connectivity index (χ3v) is 4.01. The first-order valence-electron chi connectivity index (χ1n) is 4.89. The lowest BCUT2D eigenvalue weighted by Crippen LogP contribution is -1.98. The van der Waals surface area contributed by atoms with Crippen LogP contribution in [0.2, 0.25) is 0 Å². The third-order valence-electron chi connectivity index (χ3n) is 2.27. The van der Waals surface area contributed by atoms with Crippen LogP contribution in [0.5, 0.6) is 0 Å². The smallest absolute Gasteiger partial charge is 0.164 e. The Balaban J connectivity index is 2.02. The van der Waals surface area contributed by atoms with Crippen molar-refractivity contribution in [2.24, 2.45) is 0 Å². The van der Waals surface area contributed by atoms with Crippen LogP contribution in [0.25, 0.3) is 0 Å². The first kappa shape index (κ1) is 12.2. The SMILES string of the molecule is Cc1ccc(NCc2ccc(I)o2)cc1I. The van der Waals surface area contributed by atoms with Gasteiger partial charge in [0.25, 0.3) is 0 Å². The Kier molecular flexibility index (Phi) is 4.12. The predicted octanol–water partition coefficient (Wildman–Crippen LogP) is 4.41. The molecule has 0 saturated heterocycles. The molecule has 0 atom stereocenters. The molecule has 0 amide bonds. The molecular formula is C12H11I2NO. The second kappa shape index (κ2) is 5.39. The molecule has 1 aromatic heterocycles. The van der Waals surface area contributed by atoms with E-state index < -0.39 is 0 Å². The van der Waals surface area contributed by atoms with Crippen LogP contribution in [0.15, 0.2) is 34.7 Å². The van der Waals surface area contributed by atoms with Crippen molar-refractivity contribution in [3.05, 3.63) is 49.0 Å². The summed E-state index contributed by atoms with van der Waals surface area (Å²) in [6.45, 7) is 2.84. The fraction of sp³-hybridized carbons (Fsp3) is 0.167. The molecule has 16 heavy (non-hydrogen) atoms. The van der Waals surface area contributed by atoms with Gasteiger partial charge in [-0.25, -0.2) is 0 Å². The van der Waals surface area contributed by atoms with E-state index >= 15 is 0 Å². The average Bonchev–Trinajstić information content (AvgIpc) is 2.66. The number of furan rings is 1. The number of hydrogen-bond acceptors (Lipinski definition) is 2. The predicted molar refractivity (Wildman–Crippen MR) is 82.6 cm³/mol. The fourth-order valence-electron chi connectivity index (χ4n) is 1.34. The number of hydrogen-bond donors (Lipinski definition) is 1. The van der Waals surface area contributed by atoms with Gasteiger partial charge in [-0.05, 0) is 81.9 Å². The van der Waals surface area contributed by atoms with Gasteiger partial charge >= 0.3 is 0 Å². The number of aryl methyl sites for hydroxylation is 1. The number of rotatable bonds is 3. The summed E-state index contributed by atoms with van der Waals surface area (Å²) in [5.41, 5.74) is 2.43. The highest BCUT2D eigenvalue weighted by Crippen LogP contribution is 2.18. The lowest BCUT2D eigenvalue weighted by atomic mass is 10.2. The van der Waals surface area contributed by atoms with Crippen LogP contribution in [-0.4, -0.2) is 0 Å². The molecule has 2 nitrogen and oxygen atoms in total. The van der Waals surface area contributed by atoms with Crippen LogP contribution in [0, 0.1) is 14.3 Å². The van der Waals surface area contributed by atoms with Crippen LogP contribution in [0.1, 0.15) is 11.3 Å².